The van der Waals surface area contributed by atoms with Crippen LogP contribution in [0.3, 0.4) is 0 Å². The van der Waals surface area contributed by atoms with E-state index in [-0.39, 0.29) is 5.91 Å². The van der Waals surface area contributed by atoms with Crippen molar-refractivity contribution in [2.24, 2.45) is 5.92 Å². The third-order valence-corrected chi connectivity index (χ3v) is 7.32. The average Bonchev–Trinajstić information content (AvgIpc) is 3.32. The Bertz CT molecular complexity index is 1380. The van der Waals surface area contributed by atoms with Gasteiger partial charge in [-0.05, 0) is 72.4 Å². The fourth-order valence-corrected chi connectivity index (χ4v) is 5.25. The molecular weight excluding hydrogens is 450 g/mol. The molecule has 6 heteroatoms. The second-order valence-corrected chi connectivity index (χ2v) is 10.0. The third kappa shape index (κ3) is 5.03. The lowest BCUT2D eigenvalue weighted by Gasteiger charge is -2.28. The Morgan fingerprint density at radius 2 is 1.50 bits per heavy atom. The predicted octanol–water partition coefficient (Wildman–Crippen LogP) is 6.35. The van der Waals surface area contributed by atoms with Crippen molar-refractivity contribution in [1.82, 2.24) is 14.9 Å². The largest absolute Gasteiger partial charge is 0.481 e. The van der Waals surface area contributed by atoms with E-state index in [1.165, 1.54) is 11.1 Å². The van der Waals surface area contributed by atoms with E-state index in [1.807, 2.05) is 18.2 Å². The lowest BCUT2D eigenvalue weighted by atomic mass is 9.77. The van der Waals surface area contributed by atoms with Gasteiger partial charge in [-0.15, -0.1) is 0 Å². The number of carbonyl (C=O) groups excluding carboxylic acids is 1. The van der Waals surface area contributed by atoms with Crippen LogP contribution in [0.2, 0.25) is 0 Å². The molecule has 0 bridgehead atoms. The predicted molar refractivity (Wildman–Crippen MR) is 142 cm³/mol. The first kappa shape index (κ1) is 23.8. The Kier molecular flexibility index (Phi) is 6.59. The van der Waals surface area contributed by atoms with Gasteiger partial charge in [-0.25, -0.2) is 4.98 Å². The second-order valence-electron chi connectivity index (χ2n) is 10.0. The molecule has 0 unspecified atom stereocenters. The van der Waals surface area contributed by atoms with Crippen LogP contribution in [0, 0.1) is 5.92 Å². The average molecular weight is 482 g/mol. The van der Waals surface area contributed by atoms with Crippen LogP contribution >= 0.6 is 0 Å². The summed E-state index contributed by atoms with van der Waals surface area (Å²) in [7, 11) is 3.49. The van der Waals surface area contributed by atoms with Crippen LogP contribution in [0.15, 0.2) is 66.7 Å². The fraction of sp³-hybridized carbons (Fsp3) is 0.300. The molecule has 1 aliphatic rings. The van der Waals surface area contributed by atoms with Crippen molar-refractivity contribution in [3.63, 3.8) is 0 Å². The number of H-pyrrole nitrogens is 1. The summed E-state index contributed by atoms with van der Waals surface area (Å²) in [6.45, 7) is 0. The molecule has 1 heterocycles. The van der Waals surface area contributed by atoms with Crippen LogP contribution in [0.5, 0.6) is 0 Å². The van der Waals surface area contributed by atoms with Gasteiger partial charge in [-0.2, -0.15) is 0 Å². The molecule has 36 heavy (non-hydrogen) atoms. The summed E-state index contributed by atoms with van der Waals surface area (Å²) in [5.41, 5.74) is 6.96. The third-order valence-electron chi connectivity index (χ3n) is 7.32. The van der Waals surface area contributed by atoms with Crippen molar-refractivity contribution in [3.05, 3.63) is 77.9 Å². The van der Waals surface area contributed by atoms with E-state index in [9.17, 15) is 9.59 Å². The summed E-state index contributed by atoms with van der Waals surface area (Å²) in [5, 5.41) is 9.03. The maximum Gasteiger partial charge on any atom is 0.303 e. The summed E-state index contributed by atoms with van der Waals surface area (Å²) >= 11 is 0. The molecule has 0 saturated heterocycles. The van der Waals surface area contributed by atoms with Crippen LogP contribution in [0.4, 0.5) is 0 Å². The highest BCUT2D eigenvalue weighted by Gasteiger charge is 2.24. The number of imidazole rings is 1. The van der Waals surface area contributed by atoms with Crippen LogP contribution in [0.1, 0.15) is 53.9 Å². The van der Waals surface area contributed by atoms with Crippen molar-refractivity contribution in [2.75, 3.05) is 14.1 Å². The first-order valence-corrected chi connectivity index (χ1v) is 12.5. The van der Waals surface area contributed by atoms with Gasteiger partial charge in [0, 0.05) is 31.6 Å². The minimum Gasteiger partial charge on any atom is -0.481 e. The Hall–Kier alpha value is -3.93. The molecule has 4 aromatic rings. The topological polar surface area (TPSA) is 86.3 Å². The molecule has 1 saturated carbocycles. The Morgan fingerprint density at radius 1 is 0.889 bits per heavy atom. The van der Waals surface area contributed by atoms with E-state index in [0.29, 0.717) is 23.8 Å². The van der Waals surface area contributed by atoms with E-state index in [1.54, 1.807) is 19.0 Å². The van der Waals surface area contributed by atoms with Crippen LogP contribution < -0.4 is 0 Å². The van der Waals surface area contributed by atoms with Gasteiger partial charge in [0.25, 0.3) is 5.91 Å². The number of fused-ring (bicyclic) bond motifs is 1. The number of hydrogen-bond acceptors (Lipinski definition) is 3. The zero-order valence-corrected chi connectivity index (χ0v) is 20.7. The number of rotatable bonds is 6. The Morgan fingerprint density at radius 3 is 2.11 bits per heavy atom. The molecule has 6 nitrogen and oxygen atoms in total. The molecule has 3 aromatic carbocycles. The molecule has 0 aliphatic heterocycles. The summed E-state index contributed by atoms with van der Waals surface area (Å²) in [5.74, 6) is 0.910. The fourth-order valence-electron chi connectivity index (χ4n) is 5.25. The Labute approximate surface area is 211 Å². The van der Waals surface area contributed by atoms with Crippen LogP contribution in [-0.4, -0.2) is 45.9 Å². The number of benzene rings is 3. The van der Waals surface area contributed by atoms with Gasteiger partial charge in [0.1, 0.15) is 5.82 Å². The SMILES string of the molecule is CN(C)C(=O)c1ccc2nc(-c3ccc(-c4ccc(C5CCC(CC(=O)O)CC5)cc4)cc3)[nH]c2c1. The number of amides is 1. The van der Waals surface area contributed by atoms with E-state index in [4.69, 9.17) is 10.1 Å². The minimum absolute atomic E-state index is 0.0331. The zero-order chi connectivity index (χ0) is 25.2. The second kappa shape index (κ2) is 9.97. The first-order valence-electron chi connectivity index (χ1n) is 12.5. The quantitative estimate of drug-likeness (QED) is 0.336. The maximum absolute atomic E-state index is 12.3. The molecule has 0 radical (unpaired) electrons. The van der Waals surface area contributed by atoms with Gasteiger partial charge < -0.3 is 15.0 Å². The van der Waals surface area contributed by atoms with Gasteiger partial charge in [-0.1, -0.05) is 48.5 Å². The summed E-state index contributed by atoms with van der Waals surface area (Å²) in [4.78, 5) is 32.9. The van der Waals surface area contributed by atoms with Crippen molar-refractivity contribution < 1.29 is 14.7 Å². The molecule has 2 N–H and O–H groups in total. The van der Waals surface area contributed by atoms with Gasteiger partial charge in [0.2, 0.25) is 0 Å². The molecule has 0 spiro atoms. The normalized spacial score (nSPS) is 17.7. The van der Waals surface area contributed by atoms with Gasteiger partial charge in [0.15, 0.2) is 0 Å². The van der Waals surface area contributed by atoms with Crippen molar-refractivity contribution >= 4 is 22.9 Å². The minimum atomic E-state index is -0.681. The van der Waals surface area contributed by atoms with E-state index >= 15 is 0 Å². The van der Waals surface area contributed by atoms with E-state index < -0.39 is 5.97 Å². The van der Waals surface area contributed by atoms with Crippen molar-refractivity contribution in [1.29, 1.82) is 0 Å². The lowest BCUT2D eigenvalue weighted by Crippen LogP contribution is -2.21. The number of hydrogen-bond donors (Lipinski definition) is 2. The van der Waals surface area contributed by atoms with Crippen LogP contribution in [-0.2, 0) is 4.79 Å². The van der Waals surface area contributed by atoms with Gasteiger partial charge in [-0.3, -0.25) is 9.59 Å². The molecule has 0 atom stereocenters. The summed E-state index contributed by atoms with van der Waals surface area (Å²) in [6.07, 6.45) is 4.42. The van der Waals surface area contributed by atoms with E-state index in [0.717, 1.165) is 53.7 Å². The smallest absolute Gasteiger partial charge is 0.303 e. The summed E-state index contributed by atoms with van der Waals surface area (Å²) < 4.78 is 0. The number of nitrogens with one attached hydrogen (secondary N) is 1. The molecule has 1 aromatic heterocycles. The molecule has 5 rings (SSSR count). The highest BCUT2D eigenvalue weighted by atomic mass is 16.4. The standard InChI is InChI=1S/C30H31N3O3/c1-33(2)30(36)25-15-16-26-27(18-25)32-29(31-26)24-13-11-23(12-14-24)22-9-7-21(8-10-22)20-5-3-19(4-6-20)17-28(34)35/h7-16,18-20H,3-6,17H2,1-2H3,(H,31,32)(H,34,35). The highest BCUT2D eigenvalue weighted by Crippen LogP contribution is 2.37. The number of aromatic nitrogens is 2. The van der Waals surface area contributed by atoms with Gasteiger partial charge >= 0.3 is 5.97 Å². The Balaban J connectivity index is 1.28. The molecule has 1 fully saturated rings. The number of nitrogens with zero attached hydrogens (tertiary/aromatic N) is 2. The molecule has 1 amide bonds. The number of carboxylic acids is 1. The van der Waals surface area contributed by atoms with Crippen molar-refractivity contribution in [2.45, 2.75) is 38.0 Å². The zero-order valence-electron chi connectivity index (χ0n) is 20.7. The summed E-state index contributed by atoms with van der Waals surface area (Å²) in [6, 6.07) is 22.7. The maximum atomic E-state index is 12.3. The first-order chi connectivity index (χ1) is 17.4. The number of aliphatic carboxylic acids is 1. The number of carboxylic acid groups (broad SMARTS) is 1. The van der Waals surface area contributed by atoms with Crippen LogP contribution in [0.25, 0.3) is 33.5 Å². The number of aromatic amines is 1. The number of carbonyl (C=O) groups is 2. The van der Waals surface area contributed by atoms with Crippen molar-refractivity contribution in [3.8, 4) is 22.5 Å². The molecular formula is C30H31N3O3. The highest BCUT2D eigenvalue weighted by molar-refractivity contribution is 5.97. The molecule has 1 aliphatic carbocycles. The van der Waals surface area contributed by atoms with Gasteiger partial charge in [0.05, 0.1) is 11.0 Å². The molecule has 184 valence electrons. The van der Waals surface area contributed by atoms with E-state index in [2.05, 4.69) is 53.5 Å². The lowest BCUT2D eigenvalue weighted by molar-refractivity contribution is -0.138. The monoisotopic (exact) mass is 481 g/mol.